The maximum Gasteiger partial charge on any atom is 0.140 e. The molecule has 2 fully saturated rings. The van der Waals surface area contributed by atoms with Crippen LogP contribution < -0.4 is 0 Å². The van der Waals surface area contributed by atoms with E-state index in [1.54, 1.807) is 0 Å². The van der Waals surface area contributed by atoms with Gasteiger partial charge < -0.3 is 14.3 Å². The normalized spacial score (nSPS) is 36.1. The van der Waals surface area contributed by atoms with E-state index in [0.717, 1.165) is 45.4 Å². The van der Waals surface area contributed by atoms with Gasteiger partial charge in [-0.1, -0.05) is 13.8 Å². The van der Waals surface area contributed by atoms with Crippen molar-refractivity contribution in [2.75, 3.05) is 32.9 Å². The van der Waals surface area contributed by atoms with Crippen LogP contribution in [0.5, 0.6) is 0 Å². The van der Waals surface area contributed by atoms with Gasteiger partial charge in [0.25, 0.3) is 0 Å². The summed E-state index contributed by atoms with van der Waals surface area (Å²) in [6.45, 7) is 8.22. The van der Waals surface area contributed by atoms with Crippen molar-refractivity contribution in [3.63, 3.8) is 0 Å². The van der Waals surface area contributed by atoms with Crippen LogP contribution in [-0.2, 0) is 14.3 Å². The van der Waals surface area contributed by atoms with Crippen molar-refractivity contribution in [1.82, 2.24) is 4.90 Å². The predicted molar refractivity (Wildman–Crippen MR) is 65.0 cm³/mol. The number of morpholine rings is 1. The van der Waals surface area contributed by atoms with Crippen molar-refractivity contribution in [3.8, 4) is 0 Å². The number of aldehydes is 1. The third-order valence-electron chi connectivity index (χ3n) is 4.03. The van der Waals surface area contributed by atoms with E-state index < -0.39 is 0 Å². The Morgan fingerprint density at radius 1 is 1.29 bits per heavy atom. The first kappa shape index (κ1) is 13.0. The van der Waals surface area contributed by atoms with Crippen LogP contribution in [0.2, 0.25) is 0 Å². The minimum atomic E-state index is -0.309. The lowest BCUT2D eigenvalue weighted by atomic mass is 9.82. The molecule has 2 aliphatic heterocycles. The zero-order valence-electron chi connectivity index (χ0n) is 10.9. The molecular weight excluding hydrogens is 218 g/mol. The molecule has 2 atom stereocenters. The highest BCUT2D eigenvalue weighted by molar-refractivity contribution is 5.64. The highest BCUT2D eigenvalue weighted by Gasteiger charge is 2.42. The summed E-state index contributed by atoms with van der Waals surface area (Å²) in [4.78, 5) is 13.9. The molecule has 0 aliphatic carbocycles. The first-order chi connectivity index (χ1) is 8.18. The first-order valence-corrected chi connectivity index (χ1v) is 6.59. The fourth-order valence-corrected chi connectivity index (χ4v) is 2.80. The standard InChI is InChI=1S/C13H23NO3/c1-11(2)12-9-13(10-15,3-6-17-12)14-4-7-16-8-5-14/h10-12H,3-9H2,1-2H3. The van der Waals surface area contributed by atoms with Crippen LogP contribution in [0.3, 0.4) is 0 Å². The minimum Gasteiger partial charge on any atom is -0.379 e. The van der Waals surface area contributed by atoms with Gasteiger partial charge in [-0.05, 0) is 18.8 Å². The Balaban J connectivity index is 2.09. The molecule has 2 unspecified atom stereocenters. The van der Waals surface area contributed by atoms with E-state index in [0.29, 0.717) is 12.5 Å². The molecule has 98 valence electrons. The quantitative estimate of drug-likeness (QED) is 0.693. The Morgan fingerprint density at radius 2 is 2.00 bits per heavy atom. The number of rotatable bonds is 3. The van der Waals surface area contributed by atoms with Crippen LogP contribution in [0.15, 0.2) is 0 Å². The average Bonchev–Trinajstić information content (AvgIpc) is 2.39. The SMILES string of the molecule is CC(C)C1CC(C=O)(N2CCOCC2)CCO1. The van der Waals surface area contributed by atoms with Gasteiger partial charge in [-0.3, -0.25) is 4.90 Å². The number of carbonyl (C=O) groups is 1. The summed E-state index contributed by atoms with van der Waals surface area (Å²) in [5, 5.41) is 0. The van der Waals surface area contributed by atoms with Gasteiger partial charge in [0.1, 0.15) is 6.29 Å². The summed E-state index contributed by atoms with van der Waals surface area (Å²) in [5.41, 5.74) is -0.309. The van der Waals surface area contributed by atoms with Gasteiger partial charge in [0.05, 0.1) is 24.9 Å². The zero-order valence-corrected chi connectivity index (χ0v) is 10.9. The van der Waals surface area contributed by atoms with Crippen molar-refractivity contribution in [3.05, 3.63) is 0 Å². The van der Waals surface area contributed by atoms with E-state index in [4.69, 9.17) is 9.47 Å². The molecule has 0 radical (unpaired) electrons. The number of hydrogen-bond acceptors (Lipinski definition) is 4. The number of hydrogen-bond donors (Lipinski definition) is 0. The van der Waals surface area contributed by atoms with Crippen LogP contribution in [-0.4, -0.2) is 55.7 Å². The number of carbonyl (C=O) groups excluding carboxylic acids is 1. The number of nitrogens with zero attached hydrogens (tertiary/aromatic N) is 1. The van der Waals surface area contributed by atoms with Crippen molar-refractivity contribution in [2.24, 2.45) is 5.92 Å². The highest BCUT2D eigenvalue weighted by Crippen LogP contribution is 2.32. The molecule has 17 heavy (non-hydrogen) atoms. The van der Waals surface area contributed by atoms with Gasteiger partial charge in [0.15, 0.2) is 0 Å². The molecule has 0 aromatic carbocycles. The van der Waals surface area contributed by atoms with Crippen LogP contribution in [0.4, 0.5) is 0 Å². The molecule has 0 saturated carbocycles. The average molecular weight is 241 g/mol. The predicted octanol–water partition coefficient (Wildman–Crippen LogP) is 1.09. The van der Waals surface area contributed by atoms with Crippen molar-refractivity contribution in [1.29, 1.82) is 0 Å². The monoisotopic (exact) mass is 241 g/mol. The lowest BCUT2D eigenvalue weighted by molar-refractivity contribution is -0.140. The maximum absolute atomic E-state index is 11.6. The minimum absolute atomic E-state index is 0.205. The molecule has 2 aliphatic rings. The molecule has 0 aromatic heterocycles. The molecule has 2 heterocycles. The molecule has 2 saturated heterocycles. The molecule has 0 aromatic rings. The summed E-state index contributed by atoms with van der Waals surface area (Å²) in [6, 6.07) is 0. The fraction of sp³-hybridized carbons (Fsp3) is 0.923. The summed E-state index contributed by atoms with van der Waals surface area (Å²) < 4.78 is 11.1. The molecule has 4 heteroatoms. The molecule has 0 N–H and O–H groups in total. The van der Waals surface area contributed by atoms with Crippen LogP contribution in [0.25, 0.3) is 0 Å². The molecular formula is C13H23NO3. The summed E-state index contributed by atoms with van der Waals surface area (Å²) in [5.74, 6) is 0.468. The van der Waals surface area contributed by atoms with Gasteiger partial charge in [0, 0.05) is 19.7 Å². The lowest BCUT2D eigenvalue weighted by Crippen LogP contribution is -2.59. The Hall–Kier alpha value is -0.450. The second-order valence-corrected chi connectivity index (χ2v) is 5.43. The van der Waals surface area contributed by atoms with Crippen molar-refractivity contribution >= 4 is 6.29 Å². The highest BCUT2D eigenvalue weighted by atomic mass is 16.5. The zero-order chi connectivity index (χ0) is 12.3. The fourth-order valence-electron chi connectivity index (χ4n) is 2.80. The third kappa shape index (κ3) is 2.69. The van der Waals surface area contributed by atoms with Gasteiger partial charge in [0.2, 0.25) is 0 Å². The Labute approximate surface area is 103 Å². The van der Waals surface area contributed by atoms with Crippen molar-refractivity contribution in [2.45, 2.75) is 38.3 Å². The van der Waals surface area contributed by atoms with Crippen LogP contribution in [0.1, 0.15) is 26.7 Å². The van der Waals surface area contributed by atoms with E-state index in [2.05, 4.69) is 18.7 Å². The van der Waals surface area contributed by atoms with E-state index in [9.17, 15) is 4.79 Å². The summed E-state index contributed by atoms with van der Waals surface area (Å²) in [6.07, 6.45) is 3.00. The van der Waals surface area contributed by atoms with Gasteiger partial charge in [-0.15, -0.1) is 0 Å². The van der Waals surface area contributed by atoms with E-state index >= 15 is 0 Å². The summed E-state index contributed by atoms with van der Waals surface area (Å²) >= 11 is 0. The maximum atomic E-state index is 11.6. The van der Waals surface area contributed by atoms with Gasteiger partial charge in [-0.25, -0.2) is 0 Å². The third-order valence-corrected chi connectivity index (χ3v) is 4.03. The summed E-state index contributed by atoms with van der Waals surface area (Å²) in [7, 11) is 0. The lowest BCUT2D eigenvalue weighted by Gasteiger charge is -2.47. The Morgan fingerprint density at radius 3 is 2.59 bits per heavy atom. The molecule has 0 spiro atoms. The largest absolute Gasteiger partial charge is 0.379 e. The van der Waals surface area contributed by atoms with Gasteiger partial charge >= 0.3 is 0 Å². The van der Waals surface area contributed by atoms with E-state index in [1.807, 2.05) is 0 Å². The molecule has 0 amide bonds. The second kappa shape index (κ2) is 5.46. The van der Waals surface area contributed by atoms with E-state index in [1.165, 1.54) is 0 Å². The Kier molecular flexibility index (Phi) is 4.17. The smallest absolute Gasteiger partial charge is 0.140 e. The molecule has 0 bridgehead atoms. The molecule has 4 nitrogen and oxygen atoms in total. The molecule has 2 rings (SSSR count). The first-order valence-electron chi connectivity index (χ1n) is 6.59. The topological polar surface area (TPSA) is 38.8 Å². The van der Waals surface area contributed by atoms with Crippen LogP contribution in [0, 0.1) is 5.92 Å². The van der Waals surface area contributed by atoms with Crippen LogP contribution >= 0.6 is 0 Å². The van der Waals surface area contributed by atoms with Crippen molar-refractivity contribution < 1.29 is 14.3 Å². The number of ether oxygens (including phenoxy) is 2. The van der Waals surface area contributed by atoms with Gasteiger partial charge in [-0.2, -0.15) is 0 Å². The van der Waals surface area contributed by atoms with E-state index in [-0.39, 0.29) is 11.6 Å². The Bertz CT molecular complexity index is 263. The second-order valence-electron chi connectivity index (χ2n) is 5.43.